The summed E-state index contributed by atoms with van der Waals surface area (Å²) >= 11 is 6.16. The number of para-hydroxylation sites is 2. The summed E-state index contributed by atoms with van der Waals surface area (Å²) in [6, 6.07) is 17.9. The van der Waals surface area contributed by atoms with E-state index in [9.17, 15) is 19.2 Å². The molecule has 0 bridgehead atoms. The van der Waals surface area contributed by atoms with Gasteiger partial charge in [0, 0.05) is 16.3 Å². The first-order valence-corrected chi connectivity index (χ1v) is 11.4. The van der Waals surface area contributed by atoms with Gasteiger partial charge in [-0.15, -0.1) is 0 Å². The lowest BCUT2D eigenvalue weighted by atomic mass is 10.0. The van der Waals surface area contributed by atoms with Gasteiger partial charge >= 0.3 is 6.03 Å². The van der Waals surface area contributed by atoms with Gasteiger partial charge in [-0.1, -0.05) is 54.1 Å². The summed E-state index contributed by atoms with van der Waals surface area (Å²) in [5.74, 6) is -1.73. The molecule has 3 aromatic carbocycles. The fourth-order valence-electron chi connectivity index (χ4n) is 3.64. The zero-order chi connectivity index (χ0) is 25.8. The molecule has 1 saturated heterocycles. The zero-order valence-corrected chi connectivity index (χ0v) is 20.3. The Bertz CT molecular complexity index is 1420. The van der Waals surface area contributed by atoms with Crippen molar-refractivity contribution < 1.29 is 23.9 Å². The van der Waals surface area contributed by atoms with E-state index in [4.69, 9.17) is 16.3 Å². The smallest absolute Gasteiger partial charge is 0.335 e. The van der Waals surface area contributed by atoms with Crippen LogP contribution in [-0.4, -0.2) is 30.4 Å². The maximum absolute atomic E-state index is 13.3. The summed E-state index contributed by atoms with van der Waals surface area (Å²) < 4.78 is 5.69. The molecule has 0 spiro atoms. The van der Waals surface area contributed by atoms with Gasteiger partial charge in [0.25, 0.3) is 17.7 Å². The Morgan fingerprint density at radius 2 is 1.72 bits per heavy atom. The molecule has 182 valence electrons. The van der Waals surface area contributed by atoms with Crippen molar-refractivity contribution in [2.75, 3.05) is 16.8 Å². The number of nitrogens with zero attached hydrogens (tertiary/aromatic N) is 1. The van der Waals surface area contributed by atoms with Crippen molar-refractivity contribution in [3.63, 3.8) is 0 Å². The molecule has 0 atom stereocenters. The molecule has 0 radical (unpaired) electrons. The highest BCUT2D eigenvalue weighted by molar-refractivity contribution is 6.40. The van der Waals surface area contributed by atoms with Crippen molar-refractivity contribution in [3.05, 3.63) is 94.0 Å². The minimum absolute atomic E-state index is 0.265. The third-order valence-corrected chi connectivity index (χ3v) is 5.99. The molecule has 4 rings (SSSR count). The zero-order valence-electron chi connectivity index (χ0n) is 19.5. The average Bonchev–Trinajstić information content (AvgIpc) is 2.85. The number of ether oxygens (including phenoxy) is 1. The van der Waals surface area contributed by atoms with Crippen LogP contribution < -0.4 is 20.3 Å². The molecular formula is C27H22ClN3O5. The van der Waals surface area contributed by atoms with Crippen molar-refractivity contribution in [1.29, 1.82) is 0 Å². The van der Waals surface area contributed by atoms with E-state index in [-0.39, 0.29) is 29.5 Å². The normalized spacial score (nSPS) is 14.6. The van der Waals surface area contributed by atoms with Crippen LogP contribution in [0.2, 0.25) is 5.02 Å². The third kappa shape index (κ3) is 5.13. The summed E-state index contributed by atoms with van der Waals surface area (Å²) in [5.41, 5.74) is 2.48. The van der Waals surface area contributed by atoms with Gasteiger partial charge < -0.3 is 10.1 Å². The van der Waals surface area contributed by atoms with Crippen molar-refractivity contribution in [2.45, 2.75) is 13.8 Å². The Labute approximate surface area is 212 Å². The molecule has 9 heteroatoms. The fraction of sp³-hybridized carbons (Fsp3) is 0.111. The number of hydrogen-bond donors (Lipinski definition) is 2. The van der Waals surface area contributed by atoms with E-state index in [1.54, 1.807) is 55.5 Å². The maximum atomic E-state index is 13.3. The van der Waals surface area contributed by atoms with Gasteiger partial charge in [0.1, 0.15) is 11.3 Å². The Morgan fingerprint density at radius 3 is 2.50 bits per heavy atom. The Balaban J connectivity index is 1.58. The number of rotatable bonds is 6. The Hall–Kier alpha value is -4.43. The molecule has 0 saturated carbocycles. The van der Waals surface area contributed by atoms with Gasteiger partial charge in [-0.25, -0.2) is 9.69 Å². The third-order valence-electron chi connectivity index (χ3n) is 5.58. The number of halogens is 1. The van der Waals surface area contributed by atoms with Gasteiger partial charge in [-0.3, -0.25) is 19.7 Å². The van der Waals surface area contributed by atoms with E-state index in [0.717, 1.165) is 10.5 Å². The van der Waals surface area contributed by atoms with E-state index >= 15 is 0 Å². The molecule has 2 N–H and O–H groups in total. The van der Waals surface area contributed by atoms with E-state index in [2.05, 4.69) is 10.6 Å². The predicted octanol–water partition coefficient (Wildman–Crippen LogP) is 4.64. The Kier molecular flexibility index (Phi) is 7.17. The van der Waals surface area contributed by atoms with Gasteiger partial charge in [0.15, 0.2) is 6.61 Å². The number of carbonyl (C=O) groups is 4. The van der Waals surface area contributed by atoms with Gasteiger partial charge in [0.2, 0.25) is 0 Å². The highest BCUT2D eigenvalue weighted by atomic mass is 35.5. The number of anilines is 2. The molecule has 1 fully saturated rings. The number of benzene rings is 3. The molecule has 0 unspecified atom stereocenters. The number of nitrogens with one attached hydrogen (secondary N) is 2. The minimum Gasteiger partial charge on any atom is -0.483 e. The van der Waals surface area contributed by atoms with Crippen LogP contribution in [0.4, 0.5) is 16.2 Å². The number of aryl methyl sites for hydroxylation is 1. The second kappa shape index (κ2) is 10.5. The molecule has 0 aromatic heterocycles. The fourth-order valence-corrected chi connectivity index (χ4v) is 3.81. The Morgan fingerprint density at radius 1 is 1.00 bits per heavy atom. The maximum Gasteiger partial charge on any atom is 0.335 e. The molecule has 36 heavy (non-hydrogen) atoms. The topological polar surface area (TPSA) is 105 Å². The number of amides is 5. The average molecular weight is 504 g/mol. The molecular weight excluding hydrogens is 482 g/mol. The molecule has 8 nitrogen and oxygen atoms in total. The van der Waals surface area contributed by atoms with Crippen LogP contribution in [0.15, 0.2) is 72.3 Å². The number of carbonyl (C=O) groups excluding carboxylic acids is 4. The van der Waals surface area contributed by atoms with E-state index in [0.29, 0.717) is 21.8 Å². The SMILES string of the molecule is Cc1ccccc1NC(=O)COc1ccccc1/C=C1/C(=O)NC(=O)N(c2cccc(Cl)c2C)C1=O. The van der Waals surface area contributed by atoms with Gasteiger partial charge in [-0.05, 0) is 55.3 Å². The number of barbiturate groups is 1. The molecule has 0 aliphatic carbocycles. The van der Waals surface area contributed by atoms with Crippen LogP contribution in [0, 0.1) is 13.8 Å². The van der Waals surface area contributed by atoms with Crippen molar-refractivity contribution in [2.24, 2.45) is 0 Å². The largest absolute Gasteiger partial charge is 0.483 e. The molecule has 3 aromatic rings. The van der Waals surface area contributed by atoms with Crippen LogP contribution in [0.1, 0.15) is 16.7 Å². The van der Waals surface area contributed by atoms with Crippen molar-refractivity contribution >= 4 is 52.8 Å². The first-order valence-electron chi connectivity index (χ1n) is 11.0. The van der Waals surface area contributed by atoms with Gasteiger partial charge in [0.05, 0.1) is 5.69 Å². The second-order valence-corrected chi connectivity index (χ2v) is 8.44. The summed E-state index contributed by atoms with van der Waals surface area (Å²) in [7, 11) is 0. The number of imide groups is 2. The van der Waals surface area contributed by atoms with Crippen LogP contribution in [0.25, 0.3) is 6.08 Å². The lowest BCUT2D eigenvalue weighted by Crippen LogP contribution is -2.54. The lowest BCUT2D eigenvalue weighted by Gasteiger charge is -2.27. The summed E-state index contributed by atoms with van der Waals surface area (Å²) in [6.45, 7) is 3.26. The highest BCUT2D eigenvalue weighted by Crippen LogP contribution is 2.30. The predicted molar refractivity (Wildman–Crippen MR) is 137 cm³/mol. The summed E-state index contributed by atoms with van der Waals surface area (Å²) in [6.07, 6.45) is 1.32. The molecule has 1 heterocycles. The quantitative estimate of drug-likeness (QED) is 0.376. The first kappa shape index (κ1) is 24.7. The molecule has 1 aliphatic heterocycles. The molecule has 1 aliphatic rings. The minimum atomic E-state index is -0.870. The standard InChI is InChI=1S/C27H22ClN3O5/c1-16-8-3-5-11-21(16)29-24(32)15-36-23-13-6-4-9-18(23)14-19-25(33)30-27(35)31(26(19)34)22-12-7-10-20(28)17(22)2/h3-14H,15H2,1-2H3,(H,29,32)(H,30,33,35)/b19-14-. The van der Waals surface area contributed by atoms with Crippen LogP contribution >= 0.6 is 11.6 Å². The second-order valence-electron chi connectivity index (χ2n) is 8.03. The van der Waals surface area contributed by atoms with Gasteiger partial charge in [-0.2, -0.15) is 0 Å². The summed E-state index contributed by atoms with van der Waals surface area (Å²) in [4.78, 5) is 51.6. The van der Waals surface area contributed by atoms with Crippen LogP contribution in [0.3, 0.4) is 0 Å². The molecule has 5 amide bonds. The van der Waals surface area contributed by atoms with Crippen LogP contribution in [0.5, 0.6) is 5.75 Å². The summed E-state index contributed by atoms with van der Waals surface area (Å²) in [5, 5.41) is 5.34. The van der Waals surface area contributed by atoms with E-state index in [1.165, 1.54) is 6.08 Å². The highest BCUT2D eigenvalue weighted by Gasteiger charge is 2.37. The van der Waals surface area contributed by atoms with E-state index in [1.807, 2.05) is 25.1 Å². The number of urea groups is 1. The lowest BCUT2D eigenvalue weighted by molar-refractivity contribution is -0.122. The van der Waals surface area contributed by atoms with E-state index < -0.39 is 17.8 Å². The monoisotopic (exact) mass is 503 g/mol. The first-order chi connectivity index (χ1) is 17.3. The van der Waals surface area contributed by atoms with Crippen molar-refractivity contribution in [3.8, 4) is 5.75 Å². The van der Waals surface area contributed by atoms with Crippen molar-refractivity contribution in [1.82, 2.24) is 5.32 Å². The number of hydrogen-bond acceptors (Lipinski definition) is 5. The van der Waals surface area contributed by atoms with Crippen LogP contribution in [-0.2, 0) is 14.4 Å².